The van der Waals surface area contributed by atoms with Gasteiger partial charge in [0.15, 0.2) is 0 Å². The predicted octanol–water partition coefficient (Wildman–Crippen LogP) is 0.526. The van der Waals surface area contributed by atoms with Crippen LogP contribution in [0.25, 0.3) is 0 Å². The highest BCUT2D eigenvalue weighted by Gasteiger charge is 1.83. The molecular formula is C5H8ClN3. The first-order valence-corrected chi connectivity index (χ1v) is 2.61. The van der Waals surface area contributed by atoms with Crippen molar-refractivity contribution in [3.8, 4) is 0 Å². The molecule has 9 heavy (non-hydrogen) atoms. The van der Waals surface area contributed by atoms with E-state index in [2.05, 4.69) is 11.6 Å². The summed E-state index contributed by atoms with van der Waals surface area (Å²) in [5.74, 6) is 0.165. The Morgan fingerprint density at radius 1 is 1.67 bits per heavy atom. The fraction of sp³-hybridized carbons (Fsp3) is 0. The van der Waals surface area contributed by atoms with Crippen molar-refractivity contribution < 1.29 is 0 Å². The van der Waals surface area contributed by atoms with Crippen molar-refractivity contribution in [1.82, 2.24) is 0 Å². The molecule has 3 nitrogen and oxygen atoms in total. The summed E-state index contributed by atoms with van der Waals surface area (Å²) >= 11 is 5.42. The van der Waals surface area contributed by atoms with E-state index < -0.39 is 0 Å². The van der Waals surface area contributed by atoms with Crippen LogP contribution in [-0.2, 0) is 0 Å². The summed E-state index contributed by atoms with van der Waals surface area (Å²) in [4.78, 5) is 3.57. The highest BCUT2D eigenvalue weighted by molar-refractivity contribution is 6.68. The van der Waals surface area contributed by atoms with E-state index in [9.17, 15) is 0 Å². The molecule has 0 bridgehead atoms. The van der Waals surface area contributed by atoms with Gasteiger partial charge in [0.2, 0.25) is 0 Å². The van der Waals surface area contributed by atoms with E-state index >= 15 is 0 Å². The first-order chi connectivity index (χ1) is 4.16. The molecule has 0 aromatic rings. The molecule has 4 heteroatoms. The zero-order valence-corrected chi connectivity index (χ0v) is 5.60. The van der Waals surface area contributed by atoms with Gasteiger partial charge in [0.05, 0.1) is 0 Å². The number of halogens is 1. The van der Waals surface area contributed by atoms with E-state index in [4.69, 9.17) is 23.1 Å². The number of hydrogen-bond donors (Lipinski definition) is 2. The van der Waals surface area contributed by atoms with Gasteiger partial charge in [-0.25, -0.2) is 4.99 Å². The maximum atomic E-state index is 5.42. The van der Waals surface area contributed by atoms with Gasteiger partial charge in [0.25, 0.3) is 0 Å². The third-order valence-corrected chi connectivity index (χ3v) is 0.695. The Morgan fingerprint density at radius 2 is 2.22 bits per heavy atom. The molecule has 0 atom stereocenters. The lowest BCUT2D eigenvalue weighted by molar-refractivity contribution is 1.27. The lowest BCUT2D eigenvalue weighted by Gasteiger charge is -1.86. The molecule has 0 saturated heterocycles. The molecule has 0 saturated carbocycles. The van der Waals surface area contributed by atoms with Gasteiger partial charge in [-0.1, -0.05) is 18.2 Å². The van der Waals surface area contributed by atoms with Crippen LogP contribution in [0.3, 0.4) is 0 Å². The molecule has 0 rings (SSSR count). The molecule has 0 aromatic heterocycles. The smallest absolute Gasteiger partial charge is 0.132 e. The Kier molecular flexibility index (Phi) is 3.55. The molecule has 0 aliphatic heterocycles. The molecule has 0 aliphatic rings. The van der Waals surface area contributed by atoms with Gasteiger partial charge >= 0.3 is 0 Å². The van der Waals surface area contributed by atoms with Gasteiger partial charge in [0, 0.05) is 0 Å². The van der Waals surface area contributed by atoms with Crippen LogP contribution in [0, 0.1) is 0 Å². The maximum Gasteiger partial charge on any atom is 0.132 e. The molecule has 0 aliphatic carbocycles. The largest absolute Gasteiger partial charge is 0.405 e. The van der Waals surface area contributed by atoms with Crippen LogP contribution in [0.5, 0.6) is 0 Å². The summed E-state index contributed by atoms with van der Waals surface area (Å²) < 4.78 is 0. The van der Waals surface area contributed by atoms with Gasteiger partial charge < -0.3 is 11.5 Å². The Morgan fingerprint density at radius 3 is 2.56 bits per heavy atom. The van der Waals surface area contributed by atoms with Crippen molar-refractivity contribution >= 4 is 16.8 Å². The predicted molar refractivity (Wildman–Crippen MR) is 39.9 cm³/mol. The molecule has 0 amide bonds. The van der Waals surface area contributed by atoms with Crippen LogP contribution in [0.15, 0.2) is 29.7 Å². The van der Waals surface area contributed by atoms with Crippen molar-refractivity contribution in [2.24, 2.45) is 16.5 Å². The summed E-state index contributed by atoms with van der Waals surface area (Å²) in [7, 11) is 0. The first-order valence-electron chi connectivity index (χ1n) is 2.23. The van der Waals surface area contributed by atoms with E-state index in [-0.39, 0.29) is 11.0 Å². The standard InChI is InChI=1S/C5H8ClN3/c1-4(8)9-5(6)2-3-7/h2-3H,1,7-8H2/b3-2-,9-5?. The Balaban J connectivity index is 4.00. The van der Waals surface area contributed by atoms with Crippen molar-refractivity contribution in [2.45, 2.75) is 0 Å². The molecule has 50 valence electrons. The van der Waals surface area contributed by atoms with Crippen molar-refractivity contribution in [2.75, 3.05) is 0 Å². The summed E-state index contributed by atoms with van der Waals surface area (Å²) in [5.41, 5.74) is 10.1. The second-order valence-electron chi connectivity index (χ2n) is 1.28. The zero-order valence-electron chi connectivity index (χ0n) is 4.84. The summed E-state index contributed by atoms with van der Waals surface area (Å²) in [6.07, 6.45) is 2.69. The maximum absolute atomic E-state index is 5.42. The van der Waals surface area contributed by atoms with Gasteiger partial charge in [-0.2, -0.15) is 0 Å². The van der Waals surface area contributed by atoms with E-state index in [1.165, 1.54) is 12.3 Å². The molecule has 0 unspecified atom stereocenters. The minimum absolute atomic E-state index is 0.165. The van der Waals surface area contributed by atoms with Crippen LogP contribution in [0.1, 0.15) is 0 Å². The topological polar surface area (TPSA) is 64.4 Å². The van der Waals surface area contributed by atoms with Crippen molar-refractivity contribution in [3.05, 3.63) is 24.7 Å². The van der Waals surface area contributed by atoms with E-state index in [1.807, 2.05) is 0 Å². The van der Waals surface area contributed by atoms with Crippen LogP contribution in [0.2, 0.25) is 0 Å². The molecule has 0 spiro atoms. The van der Waals surface area contributed by atoms with Crippen molar-refractivity contribution in [1.29, 1.82) is 0 Å². The number of allylic oxidation sites excluding steroid dienone is 1. The third kappa shape index (κ3) is 4.90. The van der Waals surface area contributed by atoms with E-state index in [0.29, 0.717) is 0 Å². The quantitative estimate of drug-likeness (QED) is 0.557. The van der Waals surface area contributed by atoms with Gasteiger partial charge in [-0.3, -0.25) is 0 Å². The highest BCUT2D eigenvalue weighted by atomic mass is 35.5. The lowest BCUT2D eigenvalue weighted by atomic mass is 10.6. The second kappa shape index (κ2) is 3.97. The normalized spacial score (nSPS) is 12.3. The summed E-state index contributed by atoms with van der Waals surface area (Å²) in [6, 6.07) is 0. The lowest BCUT2D eigenvalue weighted by Crippen LogP contribution is -1.93. The number of nitrogens with zero attached hydrogens (tertiary/aromatic N) is 1. The van der Waals surface area contributed by atoms with Gasteiger partial charge in [0.1, 0.15) is 11.0 Å². The molecule has 0 aromatic carbocycles. The molecular weight excluding hydrogens is 138 g/mol. The number of nitrogens with two attached hydrogens (primary N) is 2. The average molecular weight is 146 g/mol. The fourth-order valence-electron chi connectivity index (χ4n) is 0.254. The minimum Gasteiger partial charge on any atom is -0.405 e. The van der Waals surface area contributed by atoms with Crippen LogP contribution in [-0.4, -0.2) is 5.17 Å². The first kappa shape index (κ1) is 8.04. The monoisotopic (exact) mass is 145 g/mol. The fourth-order valence-corrected chi connectivity index (χ4v) is 0.435. The average Bonchev–Trinajstić information content (AvgIpc) is 1.63. The molecule has 0 heterocycles. The Bertz CT molecular complexity index is 160. The van der Waals surface area contributed by atoms with Crippen LogP contribution < -0.4 is 11.5 Å². The summed E-state index contributed by atoms with van der Waals surface area (Å²) in [6.45, 7) is 3.31. The SMILES string of the molecule is C=C(N)N=C(Cl)/C=C\N. The Hall–Kier alpha value is -0.960. The van der Waals surface area contributed by atoms with Gasteiger partial charge in [-0.15, -0.1) is 0 Å². The van der Waals surface area contributed by atoms with E-state index in [1.54, 1.807) is 0 Å². The van der Waals surface area contributed by atoms with E-state index in [0.717, 1.165) is 0 Å². The van der Waals surface area contributed by atoms with Crippen molar-refractivity contribution in [3.63, 3.8) is 0 Å². The zero-order chi connectivity index (χ0) is 7.28. The highest BCUT2D eigenvalue weighted by Crippen LogP contribution is 1.90. The molecule has 0 radical (unpaired) electrons. The van der Waals surface area contributed by atoms with Crippen LogP contribution >= 0.6 is 11.6 Å². The number of hydrogen-bond acceptors (Lipinski definition) is 3. The minimum atomic E-state index is 0.165. The number of aliphatic imine (C=N–C) groups is 1. The summed E-state index contributed by atoms with van der Waals surface area (Å²) in [5, 5.41) is 0.227. The third-order valence-electron chi connectivity index (χ3n) is 0.484. The molecule has 0 fully saturated rings. The molecule has 4 N–H and O–H groups in total. The number of rotatable bonds is 2. The second-order valence-corrected chi connectivity index (χ2v) is 1.67. The van der Waals surface area contributed by atoms with Gasteiger partial charge in [-0.05, 0) is 12.3 Å². The van der Waals surface area contributed by atoms with Crippen LogP contribution in [0.4, 0.5) is 0 Å². The Labute approximate surface area is 58.7 Å².